The van der Waals surface area contributed by atoms with E-state index >= 15 is 0 Å². The van der Waals surface area contributed by atoms with E-state index in [4.69, 9.17) is 11.6 Å². The molecule has 0 atom stereocenters. The summed E-state index contributed by atoms with van der Waals surface area (Å²) in [4.78, 5) is 19.0. The molecule has 2 aromatic rings. The van der Waals surface area contributed by atoms with Crippen LogP contribution in [0.15, 0.2) is 30.6 Å². The van der Waals surface area contributed by atoms with Gasteiger partial charge < -0.3 is 10.1 Å². The van der Waals surface area contributed by atoms with E-state index in [1.165, 1.54) is 37.7 Å². The molecule has 2 rings (SSSR count). The van der Waals surface area contributed by atoms with Crippen LogP contribution in [0.2, 0.25) is 5.02 Å². The van der Waals surface area contributed by atoms with Crippen molar-refractivity contribution in [2.75, 3.05) is 12.4 Å². The van der Waals surface area contributed by atoms with Crippen LogP contribution >= 0.6 is 11.6 Å². The van der Waals surface area contributed by atoms with Crippen LogP contribution in [0.1, 0.15) is 10.5 Å². The lowest BCUT2D eigenvalue weighted by Crippen LogP contribution is -2.05. The average Bonchev–Trinajstić information content (AvgIpc) is 2.43. The van der Waals surface area contributed by atoms with Crippen LogP contribution < -0.4 is 5.32 Å². The molecule has 0 aliphatic heterocycles. The Balaban J connectivity index is 2.15. The number of methoxy groups -OCH3 is 1. The summed E-state index contributed by atoms with van der Waals surface area (Å²) in [6, 6.07) is 4.17. The fraction of sp³-hybridized carbons (Fsp3) is 0.0833. The smallest absolute Gasteiger partial charge is 0.358 e. The van der Waals surface area contributed by atoms with E-state index in [0.29, 0.717) is 11.5 Å². The van der Waals surface area contributed by atoms with Gasteiger partial charge >= 0.3 is 5.97 Å². The highest BCUT2D eigenvalue weighted by Crippen LogP contribution is 2.21. The third-order valence-electron chi connectivity index (χ3n) is 2.24. The summed E-state index contributed by atoms with van der Waals surface area (Å²) in [5.74, 6) is -0.668. The summed E-state index contributed by atoms with van der Waals surface area (Å²) in [5.41, 5.74) is 0.664. The lowest BCUT2D eigenvalue weighted by atomic mass is 10.3. The maximum absolute atomic E-state index is 13.0. The van der Waals surface area contributed by atoms with Crippen molar-refractivity contribution < 1.29 is 13.9 Å². The van der Waals surface area contributed by atoms with Crippen LogP contribution in [0.3, 0.4) is 0 Å². The lowest BCUT2D eigenvalue weighted by molar-refractivity contribution is 0.0593. The molecule has 5 nitrogen and oxygen atoms in total. The van der Waals surface area contributed by atoms with Crippen molar-refractivity contribution in [3.63, 3.8) is 0 Å². The molecule has 1 heterocycles. The van der Waals surface area contributed by atoms with Gasteiger partial charge in [-0.2, -0.15) is 0 Å². The minimum atomic E-state index is -0.566. The molecule has 0 aliphatic rings. The topological polar surface area (TPSA) is 64.1 Å². The van der Waals surface area contributed by atoms with Gasteiger partial charge in [-0.25, -0.2) is 19.2 Å². The number of esters is 1. The van der Waals surface area contributed by atoms with E-state index < -0.39 is 11.8 Å². The third-order valence-corrected chi connectivity index (χ3v) is 2.53. The molecule has 0 unspecified atom stereocenters. The first-order chi connectivity index (χ1) is 9.10. The van der Waals surface area contributed by atoms with Crippen LogP contribution in [0, 0.1) is 5.82 Å². The molecule has 0 saturated heterocycles. The lowest BCUT2D eigenvalue weighted by Gasteiger charge is -2.06. The molecule has 0 saturated carbocycles. The number of nitrogens with zero attached hydrogens (tertiary/aromatic N) is 2. The Kier molecular flexibility index (Phi) is 3.91. The molecule has 0 amide bonds. The van der Waals surface area contributed by atoms with Crippen LogP contribution in [0.5, 0.6) is 0 Å². The zero-order chi connectivity index (χ0) is 13.8. The molecule has 0 fully saturated rings. The Hall–Kier alpha value is -2.21. The van der Waals surface area contributed by atoms with Crippen LogP contribution in [-0.2, 0) is 4.74 Å². The summed E-state index contributed by atoms with van der Waals surface area (Å²) >= 11 is 5.65. The zero-order valence-corrected chi connectivity index (χ0v) is 10.6. The first-order valence-corrected chi connectivity index (χ1v) is 5.60. The highest BCUT2D eigenvalue weighted by molar-refractivity contribution is 6.31. The highest BCUT2D eigenvalue weighted by Gasteiger charge is 2.07. The number of nitrogens with one attached hydrogen (secondary N) is 1. The Bertz CT molecular complexity index is 604. The first-order valence-electron chi connectivity index (χ1n) is 5.22. The molecule has 0 bridgehead atoms. The predicted octanol–water partition coefficient (Wildman–Crippen LogP) is 2.80. The maximum atomic E-state index is 13.0. The van der Waals surface area contributed by atoms with Gasteiger partial charge in [-0.3, -0.25) is 0 Å². The number of hydrogen-bond donors (Lipinski definition) is 1. The van der Waals surface area contributed by atoms with Gasteiger partial charge in [-0.05, 0) is 18.2 Å². The van der Waals surface area contributed by atoms with Crippen molar-refractivity contribution in [1.82, 2.24) is 9.97 Å². The summed E-state index contributed by atoms with van der Waals surface area (Å²) < 4.78 is 17.5. The molecule has 7 heteroatoms. The quantitative estimate of drug-likeness (QED) is 0.877. The number of halogens is 2. The van der Waals surface area contributed by atoms with Gasteiger partial charge in [0.1, 0.15) is 11.6 Å². The van der Waals surface area contributed by atoms with Gasteiger partial charge in [0.2, 0.25) is 0 Å². The number of carbonyl (C=O) groups is 1. The van der Waals surface area contributed by atoms with E-state index in [9.17, 15) is 9.18 Å². The highest BCUT2D eigenvalue weighted by atomic mass is 35.5. The average molecular weight is 282 g/mol. The fourth-order valence-corrected chi connectivity index (χ4v) is 1.50. The van der Waals surface area contributed by atoms with Crippen LogP contribution in [0.4, 0.5) is 15.9 Å². The number of aromatic nitrogens is 2. The number of hydrogen-bond acceptors (Lipinski definition) is 5. The van der Waals surface area contributed by atoms with Crippen molar-refractivity contribution in [3.8, 4) is 0 Å². The Labute approximate surface area is 113 Å². The van der Waals surface area contributed by atoms with Crippen molar-refractivity contribution in [2.24, 2.45) is 0 Å². The van der Waals surface area contributed by atoms with Crippen LogP contribution in [0.25, 0.3) is 0 Å². The van der Waals surface area contributed by atoms with Gasteiger partial charge in [0.15, 0.2) is 5.69 Å². The second kappa shape index (κ2) is 5.62. The second-order valence-electron chi connectivity index (χ2n) is 3.53. The van der Waals surface area contributed by atoms with Gasteiger partial charge in [0.05, 0.1) is 24.5 Å². The molecule has 1 N–H and O–H groups in total. The summed E-state index contributed by atoms with van der Waals surface area (Å²) in [6.45, 7) is 0. The normalized spacial score (nSPS) is 10.1. The standard InChI is InChI=1S/C12H9ClFN3O2/c1-19-12(18)10-5-16-11(6-15-10)17-7-2-3-9(14)8(13)4-7/h2-6H,1H3,(H,16,17). The van der Waals surface area contributed by atoms with Gasteiger partial charge in [0, 0.05) is 5.69 Å². The van der Waals surface area contributed by atoms with E-state index in [2.05, 4.69) is 20.0 Å². The molecule has 0 aliphatic carbocycles. The molecule has 0 radical (unpaired) electrons. The van der Waals surface area contributed by atoms with Crippen molar-refractivity contribution in [2.45, 2.75) is 0 Å². The van der Waals surface area contributed by atoms with Gasteiger partial charge in [0.25, 0.3) is 0 Å². The molecule has 1 aromatic carbocycles. The first kappa shape index (κ1) is 13.2. The minimum Gasteiger partial charge on any atom is -0.464 e. The van der Waals surface area contributed by atoms with Gasteiger partial charge in [-0.1, -0.05) is 11.6 Å². The number of carbonyl (C=O) groups excluding carboxylic acids is 1. The third kappa shape index (κ3) is 3.17. The molecule has 98 valence electrons. The summed E-state index contributed by atoms with van der Waals surface area (Å²) in [6.07, 6.45) is 2.64. The minimum absolute atomic E-state index is 0.00383. The Morgan fingerprint density at radius 3 is 2.74 bits per heavy atom. The Morgan fingerprint density at radius 1 is 1.37 bits per heavy atom. The number of benzene rings is 1. The monoisotopic (exact) mass is 281 g/mol. The number of ether oxygens (including phenoxy) is 1. The van der Waals surface area contributed by atoms with Gasteiger partial charge in [-0.15, -0.1) is 0 Å². The molecular weight excluding hydrogens is 273 g/mol. The van der Waals surface area contributed by atoms with Crippen LogP contribution in [-0.4, -0.2) is 23.0 Å². The van der Waals surface area contributed by atoms with Crippen molar-refractivity contribution in [3.05, 3.63) is 47.1 Å². The largest absolute Gasteiger partial charge is 0.464 e. The Morgan fingerprint density at radius 2 is 2.16 bits per heavy atom. The molecule has 1 aromatic heterocycles. The van der Waals surface area contributed by atoms with E-state index in [0.717, 1.165) is 0 Å². The maximum Gasteiger partial charge on any atom is 0.358 e. The van der Waals surface area contributed by atoms with Crippen molar-refractivity contribution in [1.29, 1.82) is 0 Å². The summed E-state index contributed by atoms with van der Waals surface area (Å²) in [5, 5.41) is 2.88. The zero-order valence-electron chi connectivity index (χ0n) is 9.85. The predicted molar refractivity (Wildman–Crippen MR) is 68.1 cm³/mol. The van der Waals surface area contributed by atoms with E-state index in [-0.39, 0.29) is 10.7 Å². The molecule has 19 heavy (non-hydrogen) atoms. The number of anilines is 2. The second-order valence-corrected chi connectivity index (χ2v) is 3.94. The van der Waals surface area contributed by atoms with Crippen molar-refractivity contribution >= 4 is 29.1 Å². The molecule has 0 spiro atoms. The van der Waals surface area contributed by atoms with E-state index in [1.807, 2.05) is 0 Å². The molecular formula is C12H9ClFN3O2. The SMILES string of the molecule is COC(=O)c1cnc(Nc2ccc(F)c(Cl)c2)cn1. The summed E-state index contributed by atoms with van der Waals surface area (Å²) in [7, 11) is 1.26. The number of rotatable bonds is 3. The fourth-order valence-electron chi connectivity index (χ4n) is 1.32. The van der Waals surface area contributed by atoms with E-state index in [1.54, 1.807) is 0 Å².